The quantitative estimate of drug-likeness (QED) is 0.188. The summed E-state index contributed by atoms with van der Waals surface area (Å²) in [7, 11) is 0. The van der Waals surface area contributed by atoms with Crippen molar-refractivity contribution in [3.63, 3.8) is 0 Å². The first kappa shape index (κ1) is 25.5. The molecule has 226 valence electrons. The predicted molar refractivity (Wildman–Crippen MR) is 204 cm³/mol. The first-order valence-corrected chi connectivity index (χ1v) is 16.9. The van der Waals surface area contributed by atoms with Crippen LogP contribution >= 0.6 is 0 Å². The Kier molecular flexibility index (Phi) is 4.72. The maximum atomic E-state index is 6.73. The second-order valence-corrected chi connectivity index (χ2v) is 13.3. The SMILES string of the molecule is c1ccc(-n2c3c(ccc4c5ccccc5oc43)c3ccc4c5ccccc5n(-c5cc6c7c(cccc7c5)-c5ccccc5-6)c4c32)cc1. The molecule has 3 aromatic heterocycles. The molecule has 3 heteroatoms. The number of nitrogens with zero attached hydrogens (tertiary/aromatic N) is 2. The highest BCUT2D eigenvalue weighted by Gasteiger charge is 2.26. The van der Waals surface area contributed by atoms with E-state index in [1.165, 1.54) is 71.1 Å². The van der Waals surface area contributed by atoms with Gasteiger partial charge in [-0.1, -0.05) is 115 Å². The first-order chi connectivity index (χ1) is 24.3. The summed E-state index contributed by atoms with van der Waals surface area (Å²) in [4.78, 5) is 0. The topological polar surface area (TPSA) is 23.0 Å². The predicted octanol–water partition coefficient (Wildman–Crippen LogP) is 12.6. The molecule has 0 bridgehead atoms. The van der Waals surface area contributed by atoms with Gasteiger partial charge in [0.15, 0.2) is 5.58 Å². The zero-order valence-electron chi connectivity index (χ0n) is 26.3. The lowest BCUT2D eigenvalue weighted by molar-refractivity contribution is 0.671. The second-order valence-electron chi connectivity index (χ2n) is 13.3. The Morgan fingerprint density at radius 1 is 0.367 bits per heavy atom. The summed E-state index contributed by atoms with van der Waals surface area (Å²) in [5.41, 5.74) is 14.0. The van der Waals surface area contributed by atoms with Gasteiger partial charge in [-0.25, -0.2) is 0 Å². The van der Waals surface area contributed by atoms with Crippen molar-refractivity contribution in [3.05, 3.63) is 158 Å². The van der Waals surface area contributed by atoms with Crippen LogP contribution in [-0.2, 0) is 0 Å². The molecule has 8 aromatic carbocycles. The normalized spacial score (nSPS) is 12.5. The number of fused-ring (bicyclic) bond motifs is 14. The third-order valence-corrected chi connectivity index (χ3v) is 10.8. The molecule has 1 aliphatic carbocycles. The smallest absolute Gasteiger partial charge is 0.160 e. The molecular weight excluding hydrogens is 597 g/mol. The van der Waals surface area contributed by atoms with Crippen molar-refractivity contribution in [3.8, 4) is 33.6 Å². The van der Waals surface area contributed by atoms with Crippen LogP contribution in [0.3, 0.4) is 0 Å². The summed E-state index contributed by atoms with van der Waals surface area (Å²) in [6.07, 6.45) is 0. The van der Waals surface area contributed by atoms with Gasteiger partial charge in [-0.15, -0.1) is 0 Å². The van der Waals surface area contributed by atoms with Gasteiger partial charge in [-0.05, 0) is 75.5 Å². The zero-order valence-corrected chi connectivity index (χ0v) is 26.3. The number of furan rings is 1. The van der Waals surface area contributed by atoms with Crippen molar-refractivity contribution in [2.75, 3.05) is 0 Å². The van der Waals surface area contributed by atoms with E-state index in [1.807, 2.05) is 6.07 Å². The van der Waals surface area contributed by atoms with Crippen molar-refractivity contribution in [1.82, 2.24) is 9.13 Å². The highest BCUT2D eigenvalue weighted by Crippen LogP contribution is 2.50. The molecule has 49 heavy (non-hydrogen) atoms. The summed E-state index contributed by atoms with van der Waals surface area (Å²) < 4.78 is 11.7. The fraction of sp³-hybridized carbons (Fsp3) is 0. The van der Waals surface area contributed by atoms with Crippen LogP contribution in [0.5, 0.6) is 0 Å². The lowest BCUT2D eigenvalue weighted by Gasteiger charge is -2.14. The number of para-hydroxylation sites is 3. The van der Waals surface area contributed by atoms with E-state index in [-0.39, 0.29) is 0 Å². The van der Waals surface area contributed by atoms with Crippen LogP contribution in [0.15, 0.2) is 162 Å². The lowest BCUT2D eigenvalue weighted by atomic mass is 10.0. The van der Waals surface area contributed by atoms with Crippen LogP contribution in [0.4, 0.5) is 0 Å². The molecule has 0 saturated carbocycles. The average molecular weight is 623 g/mol. The molecule has 0 fully saturated rings. The third-order valence-electron chi connectivity index (χ3n) is 10.8. The highest BCUT2D eigenvalue weighted by molar-refractivity contribution is 6.28. The minimum Gasteiger partial charge on any atom is -0.454 e. The summed E-state index contributed by atoms with van der Waals surface area (Å²) in [5.74, 6) is 0. The molecule has 1 aliphatic rings. The standard InChI is InChI=1S/C46H26N2O/c1-2-12-28(13-3-1)48-44-36(37-23-24-38-33-17-7-9-20-41(33)49-46(38)45(37)48)22-21-35-32-16-6-8-19-40(32)47(43(35)44)29-25-27-11-10-18-34-30-14-4-5-15-31(30)39(26-29)42(27)34/h1-26H. The van der Waals surface area contributed by atoms with Gasteiger partial charge in [0.2, 0.25) is 0 Å². The Labute approximate surface area is 280 Å². The first-order valence-electron chi connectivity index (χ1n) is 16.9. The van der Waals surface area contributed by atoms with E-state index in [0.717, 1.165) is 38.8 Å². The largest absolute Gasteiger partial charge is 0.454 e. The Bertz CT molecular complexity index is 3210. The second kappa shape index (κ2) is 9.06. The number of hydrogen-bond donors (Lipinski definition) is 0. The fourth-order valence-electron chi connectivity index (χ4n) is 8.84. The fourth-order valence-corrected chi connectivity index (χ4v) is 8.84. The van der Waals surface area contributed by atoms with Crippen molar-refractivity contribution in [2.24, 2.45) is 0 Å². The van der Waals surface area contributed by atoms with E-state index >= 15 is 0 Å². The summed E-state index contributed by atoms with van der Waals surface area (Å²) in [6.45, 7) is 0. The molecule has 0 amide bonds. The maximum absolute atomic E-state index is 6.73. The van der Waals surface area contributed by atoms with Crippen molar-refractivity contribution >= 4 is 76.3 Å². The van der Waals surface area contributed by atoms with Crippen LogP contribution in [0.2, 0.25) is 0 Å². The minimum atomic E-state index is 0.906. The van der Waals surface area contributed by atoms with Crippen molar-refractivity contribution in [2.45, 2.75) is 0 Å². The molecule has 12 rings (SSSR count). The molecule has 0 unspecified atom stereocenters. The number of hydrogen-bond acceptors (Lipinski definition) is 1. The Morgan fingerprint density at radius 3 is 1.86 bits per heavy atom. The van der Waals surface area contributed by atoms with E-state index in [0.29, 0.717) is 0 Å². The number of aromatic nitrogens is 2. The van der Waals surface area contributed by atoms with E-state index in [9.17, 15) is 0 Å². The molecule has 0 radical (unpaired) electrons. The lowest BCUT2D eigenvalue weighted by Crippen LogP contribution is -1.99. The van der Waals surface area contributed by atoms with Crippen LogP contribution in [-0.4, -0.2) is 9.13 Å². The van der Waals surface area contributed by atoms with E-state index < -0.39 is 0 Å². The van der Waals surface area contributed by atoms with Gasteiger partial charge in [-0.3, -0.25) is 0 Å². The Morgan fingerprint density at radius 2 is 1.00 bits per heavy atom. The summed E-state index contributed by atoms with van der Waals surface area (Å²) in [5, 5.41) is 9.72. The zero-order chi connectivity index (χ0) is 31.8. The van der Waals surface area contributed by atoms with E-state index in [2.05, 4.69) is 161 Å². The number of rotatable bonds is 2. The van der Waals surface area contributed by atoms with Crippen LogP contribution in [0, 0.1) is 0 Å². The Balaban J connectivity index is 1.31. The molecule has 0 aliphatic heterocycles. The van der Waals surface area contributed by atoms with Crippen LogP contribution in [0.1, 0.15) is 0 Å². The van der Waals surface area contributed by atoms with E-state index in [1.54, 1.807) is 0 Å². The molecule has 0 atom stereocenters. The molecule has 0 spiro atoms. The van der Waals surface area contributed by atoms with Crippen molar-refractivity contribution < 1.29 is 4.42 Å². The maximum Gasteiger partial charge on any atom is 0.160 e. The van der Waals surface area contributed by atoms with Gasteiger partial charge < -0.3 is 13.6 Å². The Hall–Kier alpha value is -6.58. The van der Waals surface area contributed by atoms with Gasteiger partial charge >= 0.3 is 0 Å². The minimum absolute atomic E-state index is 0.906. The summed E-state index contributed by atoms with van der Waals surface area (Å²) >= 11 is 0. The van der Waals surface area contributed by atoms with Crippen LogP contribution < -0.4 is 0 Å². The molecule has 3 heterocycles. The van der Waals surface area contributed by atoms with Gasteiger partial charge in [0.05, 0.1) is 22.1 Å². The van der Waals surface area contributed by atoms with Gasteiger partial charge in [0, 0.05) is 43.7 Å². The van der Waals surface area contributed by atoms with Gasteiger partial charge in [0.25, 0.3) is 0 Å². The average Bonchev–Trinajstić information content (AvgIpc) is 3.89. The summed E-state index contributed by atoms with van der Waals surface area (Å²) in [6, 6.07) is 57.5. The van der Waals surface area contributed by atoms with Gasteiger partial charge in [-0.2, -0.15) is 0 Å². The molecule has 11 aromatic rings. The molecule has 3 nitrogen and oxygen atoms in total. The number of benzene rings is 8. The molecule has 0 saturated heterocycles. The van der Waals surface area contributed by atoms with Crippen LogP contribution in [0.25, 0.3) is 110 Å². The monoisotopic (exact) mass is 622 g/mol. The molecular formula is C46H26N2O. The van der Waals surface area contributed by atoms with E-state index in [4.69, 9.17) is 4.42 Å². The third kappa shape index (κ3) is 3.17. The molecule has 0 N–H and O–H groups in total. The van der Waals surface area contributed by atoms with Crippen molar-refractivity contribution in [1.29, 1.82) is 0 Å². The van der Waals surface area contributed by atoms with Gasteiger partial charge in [0.1, 0.15) is 5.58 Å². The highest BCUT2D eigenvalue weighted by atomic mass is 16.3.